The molecule has 1 amide bonds. The van der Waals surface area contributed by atoms with Gasteiger partial charge >= 0.3 is 6.18 Å². The minimum absolute atomic E-state index is 0.0202. The summed E-state index contributed by atoms with van der Waals surface area (Å²) in [5.41, 5.74) is 1.62. The van der Waals surface area contributed by atoms with Crippen LogP contribution < -0.4 is 5.32 Å². The smallest absolute Gasteiger partial charge is 0.349 e. The van der Waals surface area contributed by atoms with Crippen molar-refractivity contribution in [1.29, 1.82) is 0 Å². The molecule has 0 aliphatic heterocycles. The van der Waals surface area contributed by atoms with Crippen molar-refractivity contribution in [1.82, 2.24) is 19.4 Å². The number of imidazole rings is 1. The number of ketones is 1. The fourth-order valence-electron chi connectivity index (χ4n) is 3.50. The highest BCUT2D eigenvalue weighted by Gasteiger charge is 2.30. The molecule has 4 rings (SSSR count). The van der Waals surface area contributed by atoms with Crippen molar-refractivity contribution in [2.45, 2.75) is 25.4 Å². The predicted octanol–water partition coefficient (Wildman–Crippen LogP) is 5.39. The zero-order valence-electron chi connectivity index (χ0n) is 18.7. The molecule has 178 valence electrons. The molecule has 11 heteroatoms. The number of hydrogen-bond donors (Lipinski definition) is 1. The number of aryl methyl sites for hydroxylation is 1. The molecule has 7 nitrogen and oxygen atoms in total. The third-order valence-corrected chi connectivity index (χ3v) is 6.36. The molecule has 34 heavy (non-hydrogen) atoms. The number of carbonyl (C=O) groups excluding carboxylic acids is 2. The van der Waals surface area contributed by atoms with E-state index in [9.17, 15) is 22.8 Å². The average Bonchev–Trinajstić information content (AvgIpc) is 3.32. The first kappa shape index (κ1) is 23.7. The standard InChI is InChI=1S/C23H22F3N5O2S/c1-30(2)20(33)6-4-5-18(32)13-7-10-17-16(11-13)27-21(31(17)3)29-22-28-15-9-8-14(23(24,25)26)12-19(15)34-22/h7-12H,4-6H2,1-3H3,(H,27,28,29). The second-order valence-electron chi connectivity index (χ2n) is 8.09. The highest BCUT2D eigenvalue weighted by atomic mass is 32.1. The number of aromatic nitrogens is 3. The summed E-state index contributed by atoms with van der Waals surface area (Å²) < 4.78 is 41.1. The molecule has 0 saturated carbocycles. The molecule has 2 aromatic carbocycles. The number of anilines is 2. The molecule has 0 unspecified atom stereocenters. The largest absolute Gasteiger partial charge is 0.416 e. The van der Waals surface area contributed by atoms with Crippen LogP contribution >= 0.6 is 11.3 Å². The number of rotatable bonds is 7. The monoisotopic (exact) mass is 489 g/mol. The zero-order chi connectivity index (χ0) is 24.6. The SMILES string of the molecule is CN(C)C(=O)CCCC(=O)c1ccc2c(c1)nc(Nc1nc3ccc(C(F)(F)F)cc3s1)n2C. The topological polar surface area (TPSA) is 80.1 Å². The lowest BCUT2D eigenvalue weighted by atomic mass is 10.0. The van der Waals surface area contributed by atoms with Gasteiger partial charge in [-0.15, -0.1) is 0 Å². The Kier molecular flexibility index (Phi) is 6.30. The van der Waals surface area contributed by atoms with Crippen molar-refractivity contribution < 1.29 is 22.8 Å². The van der Waals surface area contributed by atoms with E-state index >= 15 is 0 Å². The summed E-state index contributed by atoms with van der Waals surface area (Å²) >= 11 is 1.10. The maximum Gasteiger partial charge on any atom is 0.416 e. The number of alkyl halides is 3. The quantitative estimate of drug-likeness (QED) is 0.352. The van der Waals surface area contributed by atoms with Crippen LogP contribution in [0.3, 0.4) is 0 Å². The molecule has 0 spiro atoms. The van der Waals surface area contributed by atoms with E-state index in [1.54, 1.807) is 43.9 Å². The Labute approximate surface area is 197 Å². The lowest BCUT2D eigenvalue weighted by Crippen LogP contribution is -2.21. The van der Waals surface area contributed by atoms with E-state index in [0.717, 1.165) is 29.0 Å². The van der Waals surface area contributed by atoms with Crippen LogP contribution in [0.25, 0.3) is 21.3 Å². The Morgan fingerprint density at radius 3 is 2.53 bits per heavy atom. The van der Waals surface area contributed by atoms with Crippen LogP contribution in [-0.2, 0) is 18.0 Å². The van der Waals surface area contributed by atoms with E-state index in [-0.39, 0.29) is 18.1 Å². The Balaban J connectivity index is 1.52. The lowest BCUT2D eigenvalue weighted by molar-refractivity contribution is -0.137. The van der Waals surface area contributed by atoms with Gasteiger partial charge in [-0.05, 0) is 42.8 Å². The second kappa shape index (κ2) is 9.05. The lowest BCUT2D eigenvalue weighted by Gasteiger charge is -2.09. The van der Waals surface area contributed by atoms with Gasteiger partial charge in [0.25, 0.3) is 0 Å². The number of fused-ring (bicyclic) bond motifs is 2. The Morgan fingerprint density at radius 1 is 1.06 bits per heavy atom. The second-order valence-corrected chi connectivity index (χ2v) is 9.12. The number of hydrogen-bond acceptors (Lipinski definition) is 6. The van der Waals surface area contributed by atoms with Gasteiger partial charge in [0.05, 0.1) is 26.8 Å². The molecule has 0 aliphatic rings. The van der Waals surface area contributed by atoms with Crippen LogP contribution in [0.2, 0.25) is 0 Å². The summed E-state index contributed by atoms with van der Waals surface area (Å²) in [7, 11) is 5.15. The van der Waals surface area contributed by atoms with Crippen molar-refractivity contribution in [3.05, 3.63) is 47.5 Å². The molecule has 1 N–H and O–H groups in total. The van der Waals surface area contributed by atoms with Crippen molar-refractivity contribution in [2.75, 3.05) is 19.4 Å². The van der Waals surface area contributed by atoms with Crippen LogP contribution in [-0.4, -0.2) is 45.2 Å². The summed E-state index contributed by atoms with van der Waals surface area (Å²) in [6, 6.07) is 8.65. The summed E-state index contributed by atoms with van der Waals surface area (Å²) in [5.74, 6) is 0.361. The van der Waals surface area contributed by atoms with Crippen LogP contribution in [0.1, 0.15) is 35.2 Å². The van der Waals surface area contributed by atoms with Crippen LogP contribution in [0.15, 0.2) is 36.4 Å². The minimum atomic E-state index is -4.42. The normalized spacial score (nSPS) is 11.8. The van der Waals surface area contributed by atoms with Gasteiger partial charge in [0, 0.05) is 39.5 Å². The molecule has 4 aromatic rings. The number of nitrogens with zero attached hydrogens (tertiary/aromatic N) is 4. The zero-order valence-corrected chi connectivity index (χ0v) is 19.5. The molecular formula is C23H22F3N5O2S. The molecule has 0 atom stereocenters. The minimum Gasteiger partial charge on any atom is -0.349 e. The van der Waals surface area contributed by atoms with Gasteiger partial charge in [-0.25, -0.2) is 9.97 Å². The maximum absolute atomic E-state index is 13.0. The van der Waals surface area contributed by atoms with Crippen LogP contribution in [0.5, 0.6) is 0 Å². The van der Waals surface area contributed by atoms with Gasteiger partial charge in [-0.3, -0.25) is 9.59 Å². The molecule has 2 aromatic heterocycles. The summed E-state index contributed by atoms with van der Waals surface area (Å²) in [5, 5.41) is 3.48. The van der Waals surface area contributed by atoms with Crippen molar-refractivity contribution >= 4 is 55.4 Å². The number of thiazole rings is 1. The number of Topliss-reactive ketones (excluding diaryl/α,β-unsaturated/α-hetero) is 1. The third kappa shape index (κ3) is 4.89. The van der Waals surface area contributed by atoms with Gasteiger partial charge in [-0.2, -0.15) is 13.2 Å². The average molecular weight is 490 g/mol. The first-order chi connectivity index (χ1) is 16.0. The van der Waals surface area contributed by atoms with E-state index in [2.05, 4.69) is 15.3 Å². The molecular weight excluding hydrogens is 467 g/mol. The summed E-state index contributed by atoms with van der Waals surface area (Å²) in [6.45, 7) is 0. The van der Waals surface area contributed by atoms with Gasteiger partial charge in [0.1, 0.15) is 0 Å². The first-order valence-corrected chi connectivity index (χ1v) is 11.3. The molecule has 0 radical (unpaired) electrons. The van der Waals surface area contributed by atoms with Crippen LogP contribution in [0, 0.1) is 0 Å². The third-order valence-electron chi connectivity index (χ3n) is 5.43. The summed E-state index contributed by atoms with van der Waals surface area (Å²) in [4.78, 5) is 34.6. The van der Waals surface area contributed by atoms with Crippen molar-refractivity contribution in [3.8, 4) is 0 Å². The number of benzene rings is 2. The van der Waals surface area contributed by atoms with Crippen molar-refractivity contribution in [3.63, 3.8) is 0 Å². The number of amides is 1. The van der Waals surface area contributed by atoms with E-state index < -0.39 is 11.7 Å². The Hall–Kier alpha value is -3.47. The molecule has 2 heterocycles. The molecule has 0 bridgehead atoms. The Bertz CT molecular complexity index is 1390. The predicted molar refractivity (Wildman–Crippen MR) is 125 cm³/mol. The first-order valence-electron chi connectivity index (χ1n) is 10.5. The maximum atomic E-state index is 13.0. The van der Waals surface area contributed by atoms with Gasteiger partial charge in [0.2, 0.25) is 11.9 Å². The Morgan fingerprint density at radius 2 is 1.82 bits per heavy atom. The van der Waals surface area contributed by atoms with E-state index in [0.29, 0.717) is 45.2 Å². The van der Waals surface area contributed by atoms with Gasteiger partial charge < -0.3 is 14.8 Å². The highest BCUT2D eigenvalue weighted by molar-refractivity contribution is 7.22. The number of nitrogens with one attached hydrogen (secondary N) is 1. The molecule has 0 saturated heterocycles. The fraction of sp³-hybridized carbons (Fsp3) is 0.304. The van der Waals surface area contributed by atoms with Gasteiger partial charge in [-0.1, -0.05) is 11.3 Å². The van der Waals surface area contributed by atoms with Crippen molar-refractivity contribution in [2.24, 2.45) is 7.05 Å². The van der Waals surface area contributed by atoms with E-state index in [1.165, 1.54) is 11.0 Å². The highest BCUT2D eigenvalue weighted by Crippen LogP contribution is 2.35. The summed E-state index contributed by atoms with van der Waals surface area (Å²) in [6.07, 6.45) is -3.38. The number of halogens is 3. The van der Waals surface area contributed by atoms with Crippen LogP contribution in [0.4, 0.5) is 24.3 Å². The van der Waals surface area contributed by atoms with E-state index in [4.69, 9.17) is 0 Å². The molecule has 0 aliphatic carbocycles. The molecule has 0 fully saturated rings. The fourth-order valence-corrected chi connectivity index (χ4v) is 4.40. The van der Waals surface area contributed by atoms with E-state index in [1.807, 2.05) is 0 Å². The van der Waals surface area contributed by atoms with Gasteiger partial charge in [0.15, 0.2) is 10.9 Å². The number of carbonyl (C=O) groups is 2.